The number of urea groups is 1. The number of rotatable bonds is 5. The Bertz CT molecular complexity index is 459. The Kier molecular flexibility index (Phi) is 4.37. The van der Waals surface area contributed by atoms with Gasteiger partial charge >= 0.3 is 6.03 Å². The van der Waals surface area contributed by atoms with Gasteiger partial charge in [0.2, 0.25) is 0 Å². The van der Waals surface area contributed by atoms with Gasteiger partial charge in [-0.15, -0.1) is 0 Å². The number of nitrogens with one attached hydrogen (secondary N) is 2. The van der Waals surface area contributed by atoms with Gasteiger partial charge in [-0.3, -0.25) is 0 Å². The summed E-state index contributed by atoms with van der Waals surface area (Å²) >= 11 is 1.82. The van der Waals surface area contributed by atoms with Crippen LogP contribution in [0.2, 0.25) is 0 Å². The van der Waals surface area contributed by atoms with Crippen LogP contribution in [0.3, 0.4) is 0 Å². The van der Waals surface area contributed by atoms with Gasteiger partial charge in [0.05, 0.1) is 6.10 Å². The van der Waals surface area contributed by atoms with Gasteiger partial charge < -0.3 is 15.7 Å². The molecule has 3 N–H and O–H groups in total. The second-order valence-electron chi connectivity index (χ2n) is 5.00. The van der Waals surface area contributed by atoms with Crippen LogP contribution in [0.1, 0.15) is 31.4 Å². The Hall–Kier alpha value is -1.20. The second-order valence-corrected chi connectivity index (χ2v) is 6.27. The molecule has 0 spiro atoms. The molecule has 1 aliphatic carbocycles. The smallest absolute Gasteiger partial charge is 0.319 e. The third-order valence-corrected chi connectivity index (χ3v) is 4.86. The molecular formula is C14H20N2O2S. The molecular weight excluding hydrogens is 260 g/mol. The zero-order valence-electron chi connectivity index (χ0n) is 11.3. The second kappa shape index (κ2) is 5.84. The molecule has 0 radical (unpaired) electrons. The zero-order chi connectivity index (χ0) is 13.9. The first-order chi connectivity index (χ1) is 9.04. The molecule has 2 rings (SSSR count). The summed E-state index contributed by atoms with van der Waals surface area (Å²) in [7, 11) is 0. The molecule has 104 valence electrons. The Labute approximate surface area is 118 Å². The Morgan fingerprint density at radius 1 is 1.53 bits per heavy atom. The fourth-order valence-electron chi connectivity index (χ4n) is 1.89. The van der Waals surface area contributed by atoms with E-state index in [1.165, 1.54) is 12.8 Å². The summed E-state index contributed by atoms with van der Waals surface area (Å²) in [5, 5.41) is 15.2. The van der Waals surface area contributed by atoms with Crippen LogP contribution in [0.4, 0.5) is 10.5 Å². The highest BCUT2D eigenvalue weighted by atomic mass is 32.2. The summed E-state index contributed by atoms with van der Waals surface area (Å²) in [4.78, 5) is 11.8. The third kappa shape index (κ3) is 3.88. The van der Waals surface area contributed by atoms with Gasteiger partial charge in [-0.2, -0.15) is 11.8 Å². The molecule has 0 aromatic heterocycles. The molecule has 0 aliphatic heterocycles. The first-order valence-corrected chi connectivity index (χ1v) is 7.65. The van der Waals surface area contributed by atoms with Crippen LogP contribution in [-0.2, 0) is 0 Å². The highest BCUT2D eigenvalue weighted by Gasteiger charge is 2.41. The number of aliphatic hydroxyl groups excluding tert-OH is 1. The molecule has 0 saturated heterocycles. The molecule has 1 aromatic carbocycles. The molecule has 0 heterocycles. The number of hydrogen-bond donors (Lipinski definition) is 3. The van der Waals surface area contributed by atoms with Crippen molar-refractivity contribution in [3.05, 3.63) is 29.8 Å². The number of anilines is 1. The van der Waals surface area contributed by atoms with E-state index in [2.05, 4.69) is 16.9 Å². The van der Waals surface area contributed by atoms with Gasteiger partial charge in [-0.1, -0.05) is 12.1 Å². The minimum absolute atomic E-state index is 0.192. The average Bonchev–Trinajstić information content (AvgIpc) is 3.17. The van der Waals surface area contributed by atoms with E-state index in [-0.39, 0.29) is 10.8 Å². The minimum atomic E-state index is -0.531. The van der Waals surface area contributed by atoms with Crippen LogP contribution in [-0.4, -0.2) is 28.7 Å². The molecule has 1 aliphatic rings. The van der Waals surface area contributed by atoms with Crippen molar-refractivity contribution in [2.75, 3.05) is 18.1 Å². The summed E-state index contributed by atoms with van der Waals surface area (Å²) in [6.07, 6.45) is 3.90. The normalized spacial score (nSPS) is 17.6. The van der Waals surface area contributed by atoms with E-state index in [9.17, 15) is 9.90 Å². The van der Waals surface area contributed by atoms with Crippen molar-refractivity contribution in [1.29, 1.82) is 0 Å². The van der Waals surface area contributed by atoms with Crippen molar-refractivity contribution in [3.63, 3.8) is 0 Å². The van der Waals surface area contributed by atoms with E-state index in [1.54, 1.807) is 13.0 Å². The summed E-state index contributed by atoms with van der Waals surface area (Å²) in [5.74, 6) is 0. The fraction of sp³-hybridized carbons (Fsp3) is 0.500. The summed E-state index contributed by atoms with van der Waals surface area (Å²) in [6.45, 7) is 2.41. The summed E-state index contributed by atoms with van der Waals surface area (Å²) in [6, 6.07) is 7.06. The lowest BCUT2D eigenvalue weighted by Crippen LogP contribution is -2.35. The molecule has 0 bridgehead atoms. The van der Waals surface area contributed by atoms with Crippen LogP contribution in [0.5, 0.6) is 0 Å². The first-order valence-electron chi connectivity index (χ1n) is 6.43. The van der Waals surface area contributed by atoms with Crippen LogP contribution >= 0.6 is 11.8 Å². The number of carbonyl (C=O) groups is 1. The number of amides is 2. The van der Waals surface area contributed by atoms with Crippen molar-refractivity contribution in [2.24, 2.45) is 0 Å². The van der Waals surface area contributed by atoms with E-state index >= 15 is 0 Å². The van der Waals surface area contributed by atoms with Gasteiger partial charge in [0.25, 0.3) is 0 Å². The topological polar surface area (TPSA) is 61.4 Å². The highest BCUT2D eigenvalue weighted by molar-refractivity contribution is 8.00. The van der Waals surface area contributed by atoms with E-state index in [0.717, 1.165) is 5.56 Å². The van der Waals surface area contributed by atoms with Crippen molar-refractivity contribution in [1.82, 2.24) is 5.32 Å². The predicted octanol–water partition coefficient (Wildman–Crippen LogP) is 2.76. The van der Waals surface area contributed by atoms with Crippen molar-refractivity contribution in [3.8, 4) is 0 Å². The molecule has 4 nitrogen and oxygen atoms in total. The summed E-state index contributed by atoms with van der Waals surface area (Å²) < 4.78 is 0.263. The van der Waals surface area contributed by atoms with E-state index in [0.29, 0.717) is 12.2 Å². The van der Waals surface area contributed by atoms with Gasteiger partial charge in [-0.05, 0) is 43.7 Å². The van der Waals surface area contributed by atoms with Crippen molar-refractivity contribution < 1.29 is 9.90 Å². The maximum absolute atomic E-state index is 11.8. The molecule has 19 heavy (non-hydrogen) atoms. The molecule has 1 aromatic rings. The maximum atomic E-state index is 11.8. The molecule has 5 heteroatoms. The summed E-state index contributed by atoms with van der Waals surface area (Å²) in [5.41, 5.74) is 1.49. The SMILES string of the molecule is CSC1(CNC(=O)Nc2cccc(C(C)O)c2)CC1. The zero-order valence-corrected chi connectivity index (χ0v) is 12.1. The number of benzene rings is 1. The Morgan fingerprint density at radius 2 is 2.26 bits per heavy atom. The van der Waals surface area contributed by atoms with Crippen molar-refractivity contribution >= 4 is 23.5 Å². The average molecular weight is 280 g/mol. The van der Waals surface area contributed by atoms with Gasteiger partial charge in [-0.25, -0.2) is 4.79 Å². The van der Waals surface area contributed by atoms with Crippen LogP contribution in [0.15, 0.2) is 24.3 Å². The lowest BCUT2D eigenvalue weighted by Gasteiger charge is -2.14. The largest absolute Gasteiger partial charge is 0.389 e. The number of thioether (sulfide) groups is 1. The van der Waals surface area contributed by atoms with Crippen molar-refractivity contribution in [2.45, 2.75) is 30.6 Å². The molecule has 1 atom stereocenters. The molecule has 1 fully saturated rings. The van der Waals surface area contributed by atoms with Gasteiger partial charge in [0.1, 0.15) is 0 Å². The Balaban J connectivity index is 1.86. The third-order valence-electron chi connectivity index (χ3n) is 3.44. The number of hydrogen-bond acceptors (Lipinski definition) is 3. The minimum Gasteiger partial charge on any atom is -0.389 e. The number of aliphatic hydroxyl groups is 1. The predicted molar refractivity (Wildman–Crippen MR) is 79.6 cm³/mol. The lowest BCUT2D eigenvalue weighted by molar-refractivity contribution is 0.199. The standard InChI is InChI=1S/C14H20N2O2S/c1-10(17)11-4-3-5-12(8-11)16-13(18)15-9-14(19-2)6-7-14/h3-5,8,10,17H,6-7,9H2,1-2H3,(H2,15,16,18). The van der Waals surface area contributed by atoms with Gasteiger partial charge in [0.15, 0.2) is 0 Å². The van der Waals surface area contributed by atoms with E-state index in [1.807, 2.05) is 30.0 Å². The van der Waals surface area contributed by atoms with Crippen LogP contribution in [0, 0.1) is 0 Å². The first kappa shape index (κ1) is 14.2. The van der Waals surface area contributed by atoms with Crippen LogP contribution in [0.25, 0.3) is 0 Å². The molecule has 1 unspecified atom stereocenters. The molecule has 2 amide bonds. The molecule has 1 saturated carbocycles. The van der Waals surface area contributed by atoms with E-state index < -0.39 is 6.10 Å². The van der Waals surface area contributed by atoms with Crippen LogP contribution < -0.4 is 10.6 Å². The van der Waals surface area contributed by atoms with E-state index in [4.69, 9.17) is 0 Å². The fourth-order valence-corrected chi connectivity index (χ4v) is 2.61. The monoisotopic (exact) mass is 280 g/mol. The quantitative estimate of drug-likeness (QED) is 0.777. The number of carbonyl (C=O) groups excluding carboxylic acids is 1. The Morgan fingerprint density at radius 3 is 2.84 bits per heavy atom. The maximum Gasteiger partial charge on any atom is 0.319 e. The lowest BCUT2D eigenvalue weighted by atomic mass is 10.1. The highest BCUT2D eigenvalue weighted by Crippen LogP contribution is 2.46. The van der Waals surface area contributed by atoms with Gasteiger partial charge in [0, 0.05) is 17.0 Å².